The summed E-state index contributed by atoms with van der Waals surface area (Å²) in [5, 5.41) is 2.16. The lowest BCUT2D eigenvalue weighted by Gasteiger charge is -2.58. The first-order valence-electron chi connectivity index (χ1n) is 5.64. The van der Waals surface area contributed by atoms with Crippen molar-refractivity contribution in [2.45, 2.75) is 12.3 Å². The molecule has 3 rings (SSSR count). The highest BCUT2D eigenvalue weighted by molar-refractivity contribution is 7.10. The van der Waals surface area contributed by atoms with Gasteiger partial charge in [0.2, 0.25) is 0 Å². The summed E-state index contributed by atoms with van der Waals surface area (Å²) in [5.74, 6) is 0. The number of rotatable bonds is 3. The second kappa shape index (κ2) is 3.53. The number of ether oxygens (including phenoxy) is 2. The SMILES string of the molecule is Cc1ccsc1C1(C2(CN)COC2)COC1. The van der Waals surface area contributed by atoms with Crippen LogP contribution in [0.15, 0.2) is 11.4 Å². The van der Waals surface area contributed by atoms with E-state index in [1.165, 1.54) is 10.4 Å². The van der Waals surface area contributed by atoms with Crippen LogP contribution in [0.3, 0.4) is 0 Å². The quantitative estimate of drug-likeness (QED) is 0.864. The van der Waals surface area contributed by atoms with Crippen molar-refractivity contribution in [3.8, 4) is 0 Å². The number of hydrogen-bond donors (Lipinski definition) is 1. The van der Waals surface area contributed by atoms with Gasteiger partial charge in [-0.05, 0) is 23.9 Å². The molecule has 0 saturated carbocycles. The van der Waals surface area contributed by atoms with Crippen molar-refractivity contribution in [3.63, 3.8) is 0 Å². The standard InChI is InChI=1S/C12H17NO2S/c1-9-2-3-16-10(9)12(7-15-8-12)11(4-13)5-14-6-11/h2-3H,4-8,13H2,1H3. The van der Waals surface area contributed by atoms with E-state index in [0.29, 0.717) is 6.54 Å². The van der Waals surface area contributed by atoms with Crippen molar-refractivity contribution in [2.75, 3.05) is 33.0 Å². The predicted molar refractivity (Wildman–Crippen MR) is 63.9 cm³/mol. The molecule has 16 heavy (non-hydrogen) atoms. The van der Waals surface area contributed by atoms with Crippen LogP contribution < -0.4 is 5.73 Å². The third-order valence-electron chi connectivity index (χ3n) is 4.16. The van der Waals surface area contributed by atoms with E-state index in [-0.39, 0.29) is 10.8 Å². The van der Waals surface area contributed by atoms with Crippen molar-refractivity contribution in [1.29, 1.82) is 0 Å². The van der Waals surface area contributed by atoms with Gasteiger partial charge in [-0.2, -0.15) is 0 Å². The van der Waals surface area contributed by atoms with E-state index in [2.05, 4.69) is 18.4 Å². The molecule has 0 bridgehead atoms. The van der Waals surface area contributed by atoms with Crippen LogP contribution in [-0.2, 0) is 14.9 Å². The lowest BCUT2D eigenvalue weighted by Crippen LogP contribution is -2.69. The van der Waals surface area contributed by atoms with E-state index in [1.807, 2.05) is 11.3 Å². The van der Waals surface area contributed by atoms with Crippen LogP contribution in [0.5, 0.6) is 0 Å². The van der Waals surface area contributed by atoms with Gasteiger partial charge in [-0.25, -0.2) is 0 Å². The second-order valence-corrected chi connectivity index (χ2v) is 5.90. The maximum absolute atomic E-state index is 5.99. The number of hydrogen-bond acceptors (Lipinski definition) is 4. The van der Waals surface area contributed by atoms with E-state index in [9.17, 15) is 0 Å². The summed E-state index contributed by atoms with van der Waals surface area (Å²) >= 11 is 1.83. The third-order valence-corrected chi connectivity index (χ3v) is 5.38. The zero-order valence-corrected chi connectivity index (χ0v) is 10.3. The van der Waals surface area contributed by atoms with Gasteiger partial charge < -0.3 is 15.2 Å². The van der Waals surface area contributed by atoms with Crippen molar-refractivity contribution in [1.82, 2.24) is 0 Å². The molecule has 0 aliphatic carbocycles. The Morgan fingerprint density at radius 1 is 1.31 bits per heavy atom. The van der Waals surface area contributed by atoms with E-state index in [1.54, 1.807) is 0 Å². The van der Waals surface area contributed by atoms with Gasteiger partial charge in [0.15, 0.2) is 0 Å². The van der Waals surface area contributed by atoms with Crippen LogP contribution in [0.2, 0.25) is 0 Å². The van der Waals surface area contributed by atoms with Crippen molar-refractivity contribution in [2.24, 2.45) is 11.1 Å². The molecule has 1 aromatic heterocycles. The fraction of sp³-hybridized carbons (Fsp3) is 0.667. The molecule has 0 atom stereocenters. The van der Waals surface area contributed by atoms with Gasteiger partial charge in [0.1, 0.15) is 0 Å². The van der Waals surface area contributed by atoms with Gasteiger partial charge in [0.05, 0.1) is 31.8 Å². The fourth-order valence-corrected chi connectivity index (χ4v) is 4.01. The van der Waals surface area contributed by atoms with Crippen LogP contribution in [0.4, 0.5) is 0 Å². The minimum atomic E-state index is 0.112. The minimum absolute atomic E-state index is 0.112. The Balaban J connectivity index is 2.03. The molecular weight excluding hydrogens is 222 g/mol. The molecule has 2 fully saturated rings. The third kappa shape index (κ3) is 1.13. The molecule has 3 heterocycles. The van der Waals surface area contributed by atoms with Gasteiger partial charge in [-0.15, -0.1) is 11.3 Å². The summed E-state index contributed by atoms with van der Waals surface area (Å²) in [4.78, 5) is 1.45. The highest BCUT2D eigenvalue weighted by Crippen LogP contribution is 2.53. The van der Waals surface area contributed by atoms with Crippen LogP contribution in [0, 0.1) is 12.3 Å². The van der Waals surface area contributed by atoms with Gasteiger partial charge in [-0.3, -0.25) is 0 Å². The molecule has 3 nitrogen and oxygen atoms in total. The second-order valence-electron chi connectivity index (χ2n) is 4.98. The molecule has 0 amide bonds. The molecule has 0 radical (unpaired) electrons. The van der Waals surface area contributed by atoms with Gasteiger partial charge in [0.25, 0.3) is 0 Å². The molecule has 0 spiro atoms. The van der Waals surface area contributed by atoms with Gasteiger partial charge >= 0.3 is 0 Å². The zero-order chi connectivity index (χ0) is 11.2. The summed E-state index contributed by atoms with van der Waals surface area (Å²) < 4.78 is 10.9. The number of thiophene rings is 1. The van der Waals surface area contributed by atoms with Crippen LogP contribution >= 0.6 is 11.3 Å². The molecule has 2 N–H and O–H groups in total. The lowest BCUT2D eigenvalue weighted by atomic mass is 9.59. The first-order valence-corrected chi connectivity index (χ1v) is 6.52. The van der Waals surface area contributed by atoms with Crippen LogP contribution in [0.1, 0.15) is 10.4 Å². The number of aryl methyl sites for hydroxylation is 1. The smallest absolute Gasteiger partial charge is 0.0629 e. The summed E-state index contributed by atoms with van der Waals surface area (Å²) in [7, 11) is 0. The Labute approximate surface area is 99.5 Å². The van der Waals surface area contributed by atoms with Gasteiger partial charge in [-0.1, -0.05) is 0 Å². The summed E-state index contributed by atoms with van der Waals surface area (Å²) in [5.41, 5.74) is 7.59. The van der Waals surface area contributed by atoms with Crippen molar-refractivity contribution >= 4 is 11.3 Å². The molecule has 2 aliphatic rings. The largest absolute Gasteiger partial charge is 0.380 e. The van der Waals surface area contributed by atoms with E-state index < -0.39 is 0 Å². The highest BCUT2D eigenvalue weighted by atomic mass is 32.1. The average molecular weight is 239 g/mol. The Morgan fingerprint density at radius 2 is 2.00 bits per heavy atom. The van der Waals surface area contributed by atoms with Crippen molar-refractivity contribution in [3.05, 3.63) is 21.9 Å². The topological polar surface area (TPSA) is 44.5 Å². The first-order chi connectivity index (χ1) is 7.74. The van der Waals surface area contributed by atoms with E-state index in [4.69, 9.17) is 15.2 Å². The Morgan fingerprint density at radius 3 is 2.31 bits per heavy atom. The maximum Gasteiger partial charge on any atom is 0.0629 e. The molecule has 4 heteroatoms. The molecule has 88 valence electrons. The molecule has 2 saturated heterocycles. The molecule has 2 aliphatic heterocycles. The highest BCUT2D eigenvalue weighted by Gasteiger charge is 2.61. The van der Waals surface area contributed by atoms with Crippen molar-refractivity contribution < 1.29 is 9.47 Å². The molecule has 0 aromatic carbocycles. The summed E-state index contributed by atoms with van der Waals surface area (Å²) in [6.07, 6.45) is 0. The minimum Gasteiger partial charge on any atom is -0.380 e. The lowest BCUT2D eigenvalue weighted by molar-refractivity contribution is -0.222. The number of nitrogens with two attached hydrogens (primary N) is 1. The monoisotopic (exact) mass is 239 g/mol. The van der Waals surface area contributed by atoms with E-state index >= 15 is 0 Å². The van der Waals surface area contributed by atoms with E-state index in [0.717, 1.165) is 26.4 Å². The zero-order valence-electron chi connectivity index (χ0n) is 9.49. The normalized spacial score (nSPS) is 25.9. The fourth-order valence-electron chi connectivity index (χ4n) is 2.79. The molecule has 1 aromatic rings. The Hall–Kier alpha value is -0.420. The van der Waals surface area contributed by atoms with Crippen LogP contribution in [-0.4, -0.2) is 33.0 Å². The first kappa shape index (κ1) is 10.7. The maximum atomic E-state index is 5.99. The summed E-state index contributed by atoms with van der Waals surface area (Å²) in [6, 6.07) is 2.18. The average Bonchev–Trinajstić information content (AvgIpc) is 2.55. The molecular formula is C12H17NO2S. The Kier molecular flexibility index (Phi) is 2.37. The van der Waals surface area contributed by atoms with Crippen LogP contribution in [0.25, 0.3) is 0 Å². The van der Waals surface area contributed by atoms with Gasteiger partial charge in [0, 0.05) is 16.8 Å². The summed E-state index contributed by atoms with van der Waals surface area (Å²) in [6.45, 7) is 6.03. The molecule has 0 unspecified atom stereocenters. The predicted octanol–water partition coefficient (Wildman–Crippen LogP) is 1.30. The Bertz CT molecular complexity index is 388.